The van der Waals surface area contributed by atoms with Crippen LogP contribution >= 0.6 is 0 Å². The molecule has 0 saturated carbocycles. The molecule has 1 fully saturated rings. The summed E-state index contributed by atoms with van der Waals surface area (Å²) >= 11 is 0. The van der Waals surface area contributed by atoms with Crippen molar-refractivity contribution in [2.45, 2.75) is 12.8 Å². The van der Waals surface area contributed by atoms with Gasteiger partial charge in [-0.2, -0.15) is 0 Å². The summed E-state index contributed by atoms with van der Waals surface area (Å²) in [6.45, 7) is 1.26. The van der Waals surface area contributed by atoms with E-state index < -0.39 is 11.6 Å². The molecule has 1 aliphatic rings. The van der Waals surface area contributed by atoms with Crippen LogP contribution in [0.25, 0.3) is 11.3 Å². The second-order valence-electron chi connectivity index (χ2n) is 6.92. The smallest absolute Gasteiger partial charge is 0.229 e. The minimum absolute atomic E-state index is 0.220. The predicted molar refractivity (Wildman–Crippen MR) is 105 cm³/mol. The highest BCUT2D eigenvalue weighted by Gasteiger charge is 2.27. The van der Waals surface area contributed by atoms with Gasteiger partial charge in [0.15, 0.2) is 17.5 Å². The Morgan fingerprint density at radius 3 is 2.59 bits per heavy atom. The van der Waals surface area contributed by atoms with Gasteiger partial charge in [0.1, 0.15) is 0 Å². The van der Waals surface area contributed by atoms with Gasteiger partial charge in [0.25, 0.3) is 0 Å². The fraction of sp³-hybridized carbons (Fsp3) is 0.238. The highest BCUT2D eigenvalue weighted by molar-refractivity contribution is 5.93. The van der Waals surface area contributed by atoms with Crippen LogP contribution in [-0.2, 0) is 4.79 Å². The van der Waals surface area contributed by atoms with Crippen LogP contribution in [0.4, 0.5) is 20.3 Å². The van der Waals surface area contributed by atoms with Crippen LogP contribution in [0.15, 0.2) is 54.9 Å². The van der Waals surface area contributed by atoms with Crippen LogP contribution in [0, 0.1) is 17.6 Å². The third kappa shape index (κ3) is 4.37. The lowest BCUT2D eigenvalue weighted by molar-refractivity contribution is -0.120. The largest absolute Gasteiger partial charge is 0.354 e. The molecule has 3 heterocycles. The first-order valence-electron chi connectivity index (χ1n) is 9.35. The summed E-state index contributed by atoms with van der Waals surface area (Å²) in [5, 5.41) is 11.3. The zero-order valence-corrected chi connectivity index (χ0v) is 15.6. The van der Waals surface area contributed by atoms with Crippen molar-refractivity contribution in [3.8, 4) is 11.3 Å². The number of nitrogens with one attached hydrogen (secondary N) is 1. The Balaban J connectivity index is 1.42. The highest BCUT2D eigenvalue weighted by Crippen LogP contribution is 2.24. The maximum Gasteiger partial charge on any atom is 0.229 e. The maximum absolute atomic E-state index is 13.4. The SMILES string of the molecule is O=C(Nc1ccc(F)c(F)c1)C1CCCN(c2ccc(-c3ccncc3)nn2)C1. The lowest BCUT2D eigenvalue weighted by Gasteiger charge is -2.32. The fourth-order valence-corrected chi connectivity index (χ4v) is 3.39. The molecule has 6 nitrogen and oxygen atoms in total. The Bertz CT molecular complexity index is 998. The molecule has 1 atom stereocenters. The number of piperidine rings is 1. The molecule has 8 heteroatoms. The Morgan fingerprint density at radius 1 is 1.03 bits per heavy atom. The van der Waals surface area contributed by atoms with Crippen molar-refractivity contribution >= 4 is 17.4 Å². The van der Waals surface area contributed by atoms with E-state index in [0.717, 1.165) is 36.4 Å². The van der Waals surface area contributed by atoms with Gasteiger partial charge in [-0.25, -0.2) is 8.78 Å². The van der Waals surface area contributed by atoms with Crippen molar-refractivity contribution < 1.29 is 13.6 Å². The molecule has 1 aromatic carbocycles. The predicted octanol–water partition coefficient (Wildman–Crippen LogP) is 3.67. The quantitative estimate of drug-likeness (QED) is 0.730. The fourth-order valence-electron chi connectivity index (χ4n) is 3.39. The first kappa shape index (κ1) is 18.9. The van der Waals surface area contributed by atoms with Crippen LogP contribution in [0.2, 0.25) is 0 Å². The van der Waals surface area contributed by atoms with Crippen molar-refractivity contribution in [3.63, 3.8) is 0 Å². The minimum atomic E-state index is -0.988. The van der Waals surface area contributed by atoms with E-state index >= 15 is 0 Å². The first-order valence-corrected chi connectivity index (χ1v) is 9.35. The van der Waals surface area contributed by atoms with Crippen LogP contribution < -0.4 is 10.2 Å². The molecule has 0 radical (unpaired) electrons. The van der Waals surface area contributed by atoms with E-state index in [2.05, 4.69) is 20.5 Å². The van der Waals surface area contributed by atoms with Crippen LogP contribution in [-0.4, -0.2) is 34.2 Å². The third-order valence-corrected chi connectivity index (χ3v) is 4.93. The number of nitrogens with zero attached hydrogens (tertiary/aromatic N) is 4. The molecule has 3 aromatic rings. The first-order chi connectivity index (χ1) is 14.1. The van der Waals surface area contributed by atoms with Gasteiger partial charge >= 0.3 is 0 Å². The normalized spacial score (nSPS) is 16.5. The van der Waals surface area contributed by atoms with Crippen molar-refractivity contribution in [2.75, 3.05) is 23.3 Å². The molecule has 2 aromatic heterocycles. The van der Waals surface area contributed by atoms with E-state index in [1.165, 1.54) is 6.07 Å². The Labute approximate surface area is 166 Å². The Hall–Kier alpha value is -3.42. The number of carbonyl (C=O) groups is 1. The molecule has 1 amide bonds. The molecule has 148 valence electrons. The van der Waals surface area contributed by atoms with Gasteiger partial charge in [0.05, 0.1) is 11.6 Å². The molecule has 0 aliphatic carbocycles. The van der Waals surface area contributed by atoms with Crippen LogP contribution in [0.3, 0.4) is 0 Å². The van der Waals surface area contributed by atoms with Crippen molar-refractivity contribution in [3.05, 3.63) is 66.5 Å². The Kier molecular flexibility index (Phi) is 5.41. The zero-order chi connectivity index (χ0) is 20.2. The molecule has 1 unspecified atom stereocenters. The molecular formula is C21H19F2N5O. The summed E-state index contributed by atoms with van der Waals surface area (Å²) in [6.07, 6.45) is 4.94. The number of hydrogen-bond acceptors (Lipinski definition) is 5. The van der Waals surface area contributed by atoms with E-state index in [0.29, 0.717) is 18.8 Å². The molecule has 4 rings (SSSR count). The number of halogens is 2. The monoisotopic (exact) mass is 395 g/mol. The molecule has 29 heavy (non-hydrogen) atoms. The van der Waals surface area contributed by atoms with Crippen LogP contribution in [0.1, 0.15) is 12.8 Å². The number of pyridine rings is 1. The Morgan fingerprint density at radius 2 is 1.86 bits per heavy atom. The van der Waals surface area contributed by atoms with Gasteiger partial charge < -0.3 is 10.2 Å². The van der Waals surface area contributed by atoms with Gasteiger partial charge in [-0.05, 0) is 49.2 Å². The highest BCUT2D eigenvalue weighted by atomic mass is 19.2. The lowest BCUT2D eigenvalue weighted by atomic mass is 9.97. The minimum Gasteiger partial charge on any atom is -0.354 e. The number of aromatic nitrogens is 3. The van der Waals surface area contributed by atoms with Gasteiger partial charge in [-0.15, -0.1) is 10.2 Å². The van der Waals surface area contributed by atoms with E-state index in [1.54, 1.807) is 12.4 Å². The molecule has 1 N–H and O–H groups in total. The number of anilines is 2. The van der Waals surface area contributed by atoms with E-state index in [4.69, 9.17) is 0 Å². The second kappa shape index (κ2) is 8.30. The summed E-state index contributed by atoms with van der Waals surface area (Å²) < 4.78 is 26.4. The average Bonchev–Trinajstić information content (AvgIpc) is 2.77. The van der Waals surface area contributed by atoms with Gasteiger partial charge in [0.2, 0.25) is 5.91 Å². The van der Waals surface area contributed by atoms with Crippen LogP contribution in [0.5, 0.6) is 0 Å². The number of rotatable bonds is 4. The van der Waals surface area contributed by atoms with E-state index in [-0.39, 0.29) is 17.5 Å². The third-order valence-electron chi connectivity index (χ3n) is 4.93. The zero-order valence-electron chi connectivity index (χ0n) is 15.6. The van der Waals surface area contributed by atoms with E-state index in [9.17, 15) is 13.6 Å². The molecule has 0 spiro atoms. The maximum atomic E-state index is 13.4. The van der Waals surface area contributed by atoms with E-state index in [1.807, 2.05) is 29.2 Å². The number of benzene rings is 1. The number of hydrogen-bond donors (Lipinski definition) is 1. The van der Waals surface area contributed by atoms with Crippen molar-refractivity contribution in [1.29, 1.82) is 0 Å². The summed E-state index contributed by atoms with van der Waals surface area (Å²) in [6, 6.07) is 10.8. The molecule has 1 saturated heterocycles. The topological polar surface area (TPSA) is 71.0 Å². The van der Waals surface area contributed by atoms with Gasteiger partial charge in [-0.3, -0.25) is 9.78 Å². The molecule has 0 bridgehead atoms. The number of amides is 1. The van der Waals surface area contributed by atoms with Crippen molar-refractivity contribution in [2.24, 2.45) is 5.92 Å². The van der Waals surface area contributed by atoms with Gasteiger partial charge in [0, 0.05) is 42.8 Å². The van der Waals surface area contributed by atoms with Crippen molar-refractivity contribution in [1.82, 2.24) is 15.2 Å². The number of carbonyl (C=O) groups excluding carboxylic acids is 1. The summed E-state index contributed by atoms with van der Waals surface area (Å²) in [5.41, 5.74) is 1.93. The standard InChI is InChI=1S/C21H19F2N5O/c22-17-4-3-16(12-18(17)23)25-21(29)15-2-1-11-28(13-15)20-6-5-19(26-27-20)14-7-9-24-10-8-14/h3-10,12,15H,1-2,11,13H2,(H,25,29). The summed E-state index contributed by atoms with van der Waals surface area (Å²) in [5.74, 6) is -1.73. The molecule has 1 aliphatic heterocycles. The second-order valence-corrected chi connectivity index (χ2v) is 6.92. The van der Waals surface area contributed by atoms with Gasteiger partial charge in [-0.1, -0.05) is 0 Å². The summed E-state index contributed by atoms with van der Waals surface area (Å²) in [4.78, 5) is 18.6. The summed E-state index contributed by atoms with van der Waals surface area (Å²) in [7, 11) is 0. The molecular weight excluding hydrogens is 376 g/mol. The average molecular weight is 395 g/mol. The lowest BCUT2D eigenvalue weighted by Crippen LogP contribution is -2.41.